The average Bonchev–Trinajstić information content (AvgIpc) is 3.33. The van der Waals surface area contributed by atoms with Gasteiger partial charge in [-0.3, -0.25) is 4.72 Å². The molecule has 1 fully saturated rings. The van der Waals surface area contributed by atoms with Crippen molar-refractivity contribution < 1.29 is 16.8 Å². The summed E-state index contributed by atoms with van der Waals surface area (Å²) < 4.78 is 54.6. The molecule has 0 radical (unpaired) electrons. The normalized spacial score (nSPS) is 15.2. The molecular weight excluding hydrogens is 416 g/mol. The first-order valence-corrected chi connectivity index (χ1v) is 10.9. The summed E-state index contributed by atoms with van der Waals surface area (Å²) in [4.78, 5) is 0.0397. The van der Waals surface area contributed by atoms with Gasteiger partial charge in [-0.15, -0.1) is 0 Å². The lowest BCUT2D eigenvalue weighted by Crippen LogP contribution is -2.25. The maximum atomic E-state index is 12.4. The predicted octanol–water partition coefficient (Wildman–Crippen LogP) is 2.69. The third-order valence-electron chi connectivity index (χ3n) is 3.46. The molecular formula is C15H15BrN2O4S2. The van der Waals surface area contributed by atoms with Gasteiger partial charge < -0.3 is 0 Å². The highest BCUT2D eigenvalue weighted by molar-refractivity contribution is 9.10. The zero-order chi connectivity index (χ0) is 17.4. The fraction of sp³-hybridized carbons (Fsp3) is 0.200. The molecule has 3 rings (SSSR count). The molecule has 0 saturated heterocycles. The van der Waals surface area contributed by atoms with Crippen LogP contribution in [-0.2, 0) is 20.0 Å². The molecule has 0 atom stereocenters. The van der Waals surface area contributed by atoms with Gasteiger partial charge in [-0.25, -0.2) is 21.6 Å². The van der Waals surface area contributed by atoms with Crippen LogP contribution in [-0.4, -0.2) is 22.9 Å². The van der Waals surface area contributed by atoms with Gasteiger partial charge >= 0.3 is 0 Å². The Labute approximate surface area is 149 Å². The van der Waals surface area contributed by atoms with Gasteiger partial charge in [0.05, 0.1) is 15.5 Å². The van der Waals surface area contributed by atoms with Crippen LogP contribution >= 0.6 is 15.9 Å². The van der Waals surface area contributed by atoms with E-state index in [1.54, 1.807) is 24.3 Å². The number of anilines is 1. The van der Waals surface area contributed by atoms with Crippen molar-refractivity contribution in [2.75, 3.05) is 4.72 Å². The van der Waals surface area contributed by atoms with Crippen LogP contribution in [0.5, 0.6) is 0 Å². The van der Waals surface area contributed by atoms with E-state index in [1.165, 1.54) is 24.3 Å². The zero-order valence-corrected chi connectivity index (χ0v) is 15.7. The first-order chi connectivity index (χ1) is 11.3. The van der Waals surface area contributed by atoms with Crippen LogP contribution in [0.4, 0.5) is 5.69 Å². The lowest BCUT2D eigenvalue weighted by atomic mass is 10.3. The number of halogens is 1. The highest BCUT2D eigenvalue weighted by atomic mass is 79.9. The Balaban J connectivity index is 1.83. The summed E-state index contributed by atoms with van der Waals surface area (Å²) in [5, 5.41) is 0. The van der Waals surface area contributed by atoms with Crippen molar-refractivity contribution in [3.63, 3.8) is 0 Å². The second kappa shape index (κ2) is 6.47. The molecule has 0 heterocycles. The average molecular weight is 431 g/mol. The van der Waals surface area contributed by atoms with Gasteiger partial charge in [0.25, 0.3) is 10.0 Å². The van der Waals surface area contributed by atoms with Crippen molar-refractivity contribution in [3.8, 4) is 0 Å². The predicted molar refractivity (Wildman–Crippen MR) is 94.7 cm³/mol. The van der Waals surface area contributed by atoms with Gasteiger partial charge in [0.15, 0.2) is 0 Å². The number of hydrogen-bond donors (Lipinski definition) is 2. The molecule has 9 heteroatoms. The summed E-state index contributed by atoms with van der Waals surface area (Å²) in [6.07, 6.45) is 1.67. The second-order valence-corrected chi connectivity index (χ2v) is 9.70. The molecule has 1 saturated carbocycles. The molecule has 1 aliphatic carbocycles. The highest BCUT2D eigenvalue weighted by Crippen LogP contribution is 2.26. The summed E-state index contributed by atoms with van der Waals surface area (Å²) >= 11 is 3.27. The van der Waals surface area contributed by atoms with Crippen molar-refractivity contribution in [1.29, 1.82) is 0 Å². The third-order valence-corrected chi connectivity index (χ3v) is 7.07. The van der Waals surface area contributed by atoms with Gasteiger partial charge in [0.2, 0.25) is 10.0 Å². The molecule has 2 aromatic rings. The largest absolute Gasteiger partial charge is 0.278 e. The minimum atomic E-state index is -3.80. The van der Waals surface area contributed by atoms with Crippen LogP contribution in [0.15, 0.2) is 62.8 Å². The smallest absolute Gasteiger partial charge is 0.261 e. The van der Waals surface area contributed by atoms with E-state index < -0.39 is 20.0 Å². The lowest BCUT2D eigenvalue weighted by Gasteiger charge is -2.10. The van der Waals surface area contributed by atoms with E-state index >= 15 is 0 Å². The highest BCUT2D eigenvalue weighted by Gasteiger charge is 2.28. The van der Waals surface area contributed by atoms with Crippen LogP contribution in [0.25, 0.3) is 0 Å². The number of benzene rings is 2. The number of hydrogen-bond acceptors (Lipinski definition) is 4. The van der Waals surface area contributed by atoms with Gasteiger partial charge in [0, 0.05) is 10.5 Å². The van der Waals surface area contributed by atoms with E-state index in [1.807, 2.05) is 0 Å². The summed E-state index contributed by atoms with van der Waals surface area (Å²) in [7, 11) is -7.40. The summed E-state index contributed by atoms with van der Waals surface area (Å²) in [5.41, 5.74) is 0.407. The molecule has 128 valence electrons. The van der Waals surface area contributed by atoms with Crippen LogP contribution in [0.3, 0.4) is 0 Å². The monoisotopic (exact) mass is 430 g/mol. The van der Waals surface area contributed by atoms with E-state index in [2.05, 4.69) is 25.4 Å². The number of para-hydroxylation sites is 1. The van der Waals surface area contributed by atoms with Crippen LogP contribution in [0.2, 0.25) is 0 Å². The molecule has 6 nitrogen and oxygen atoms in total. The van der Waals surface area contributed by atoms with Crippen molar-refractivity contribution >= 4 is 41.7 Å². The fourth-order valence-corrected chi connectivity index (χ4v) is 4.93. The number of rotatable bonds is 6. The van der Waals surface area contributed by atoms with Crippen LogP contribution in [0.1, 0.15) is 12.8 Å². The molecule has 0 aliphatic heterocycles. The third kappa shape index (κ3) is 3.97. The topological polar surface area (TPSA) is 92.3 Å². The van der Waals surface area contributed by atoms with Crippen molar-refractivity contribution in [3.05, 3.63) is 53.0 Å². The second-order valence-electron chi connectivity index (χ2n) is 5.45. The van der Waals surface area contributed by atoms with Crippen molar-refractivity contribution in [2.24, 2.45) is 0 Å². The quantitative estimate of drug-likeness (QED) is 0.736. The Kier molecular flexibility index (Phi) is 4.69. The zero-order valence-electron chi connectivity index (χ0n) is 12.4. The van der Waals surface area contributed by atoms with Crippen LogP contribution in [0, 0.1) is 0 Å². The maximum Gasteiger partial charge on any atom is 0.261 e. The first kappa shape index (κ1) is 17.4. The SMILES string of the molecule is O=S(=O)(Nc1ccccc1Br)c1ccc(S(=O)(=O)NC2CC2)cc1. The molecule has 24 heavy (non-hydrogen) atoms. The molecule has 1 aliphatic rings. The Morgan fingerprint density at radius 1 is 0.833 bits per heavy atom. The lowest BCUT2D eigenvalue weighted by molar-refractivity contribution is 0.580. The minimum Gasteiger partial charge on any atom is -0.278 e. The Bertz CT molecular complexity index is 953. The molecule has 0 unspecified atom stereocenters. The first-order valence-electron chi connectivity index (χ1n) is 7.18. The Hall–Kier alpha value is -1.42. The molecule has 0 amide bonds. The molecule has 2 aromatic carbocycles. The van der Waals surface area contributed by atoms with E-state index in [-0.39, 0.29) is 15.8 Å². The molecule has 0 spiro atoms. The van der Waals surface area contributed by atoms with Gasteiger partial charge in [-0.1, -0.05) is 12.1 Å². The standard InChI is InChI=1S/C15H15BrN2O4S2/c16-14-3-1-2-4-15(14)18-24(21,22)13-9-7-12(8-10-13)23(19,20)17-11-5-6-11/h1-4,7-11,17-18H,5-6H2. The fourth-order valence-electron chi connectivity index (χ4n) is 2.03. The van der Waals surface area contributed by atoms with Crippen molar-refractivity contribution in [1.82, 2.24) is 4.72 Å². The van der Waals surface area contributed by atoms with Gasteiger partial charge in [0.1, 0.15) is 0 Å². The maximum absolute atomic E-state index is 12.4. The van der Waals surface area contributed by atoms with Gasteiger partial charge in [-0.05, 0) is 65.2 Å². The van der Waals surface area contributed by atoms with E-state index in [9.17, 15) is 16.8 Å². The van der Waals surface area contributed by atoms with Crippen LogP contribution < -0.4 is 9.44 Å². The molecule has 0 aromatic heterocycles. The minimum absolute atomic E-state index is 0.00416. The Morgan fingerprint density at radius 2 is 1.38 bits per heavy atom. The van der Waals surface area contributed by atoms with E-state index in [0.29, 0.717) is 10.2 Å². The van der Waals surface area contributed by atoms with E-state index in [0.717, 1.165) is 12.8 Å². The van der Waals surface area contributed by atoms with Crippen molar-refractivity contribution in [2.45, 2.75) is 28.7 Å². The summed E-state index contributed by atoms with van der Waals surface area (Å²) in [5.74, 6) is 0. The summed E-state index contributed by atoms with van der Waals surface area (Å²) in [6.45, 7) is 0. The van der Waals surface area contributed by atoms with E-state index in [4.69, 9.17) is 0 Å². The van der Waals surface area contributed by atoms with Gasteiger partial charge in [-0.2, -0.15) is 0 Å². The summed E-state index contributed by atoms with van der Waals surface area (Å²) in [6, 6.07) is 12.0. The number of sulfonamides is 2. The molecule has 0 bridgehead atoms. The number of nitrogens with one attached hydrogen (secondary N) is 2. The Morgan fingerprint density at radius 3 is 1.92 bits per heavy atom. The molecule has 2 N–H and O–H groups in total.